The number of aliphatic hydroxyl groups is 1. The fourth-order valence-electron chi connectivity index (χ4n) is 13.3. The van der Waals surface area contributed by atoms with Gasteiger partial charge in [-0.1, -0.05) is 102 Å². The van der Waals surface area contributed by atoms with Gasteiger partial charge in [-0.2, -0.15) is 25.3 Å². The minimum Gasteiger partial charge on any atom is -0.480 e. The first-order chi connectivity index (χ1) is 53.3. The molecule has 0 saturated carbocycles. The number of carbonyl (C=O) groups excluding carboxylic acids is 11. The highest BCUT2D eigenvalue weighted by Gasteiger charge is 2.44. The average molecular weight is 1630 g/mol. The first-order valence-electron chi connectivity index (χ1n) is 38.2. The second kappa shape index (κ2) is 45.7. The summed E-state index contributed by atoms with van der Waals surface area (Å²) in [5, 5.41) is 40.0. The van der Waals surface area contributed by atoms with E-state index in [-0.39, 0.29) is 126 Å². The lowest BCUT2D eigenvalue weighted by Crippen LogP contribution is -2.56. The average Bonchev–Trinajstić information content (AvgIpc) is 1.55. The van der Waals surface area contributed by atoms with Gasteiger partial charge in [0, 0.05) is 122 Å². The number of ketones is 5. The Labute approximate surface area is 677 Å². The molecule has 4 aromatic rings. The Morgan fingerprint density at radius 1 is 0.474 bits per heavy atom. The van der Waals surface area contributed by atoms with Crippen LogP contribution in [-0.4, -0.2) is 188 Å². The molecule has 1 aromatic heterocycles. The third-order valence-electron chi connectivity index (χ3n) is 19.6. The first-order valence-corrected chi connectivity index (χ1v) is 39.3. The number of H-pyrrole nitrogens is 1. The number of nitrogens with one attached hydrogen (secondary N) is 7. The maximum absolute atomic E-state index is 15.8. The maximum atomic E-state index is 15.8. The standard InChI is InChI=1S/C79H121N19O14S2/c1-43(99)64(62(104)38-50(23-17-31-90-75(84)85)69(108)98-66(72(111)112)78(6,7)8)96-71(110)54(77(3,4)5)40-63(105)65(79(9,10)114)97-70(109)51(35-52-41-92-55-25-14-13-24-53(52)55)39-60(102)57(34-45-27-28-46-19-11-12-20-47(46)33-45)95-68(107)48(21-15-29-88-73(80)81)36-59(101)56(26-18-32-91-76(86)87)94-67(106)49(22-16-30-89-74(82)83)37-61(103)58(42-113)93-44(2)100/h11-14,19-20,24-25,27-28,33,41,43,48-51,54,56-58,64-66,92,99,113-114H,15-18,21-23,26,29-32,34-40,42H2,1-10H3,(H,93,100)(H,94,106)(H,95,107)(H,96,110)(H,97,109)(H,98,108)(H,111,112)(H4,80,81,88)(H4,82,83,89)(H4,84,85,90)(H4,86,87,91)/t43-,48-,49+,50-,51-,54-,56+,57+,58+,64+,65-,66-/m1/s1. The van der Waals surface area contributed by atoms with Crippen molar-refractivity contribution in [2.24, 2.45) is 106 Å². The second-order valence-electron chi connectivity index (χ2n) is 31.8. The number of nitrogens with two attached hydrogens (primary N) is 8. The van der Waals surface area contributed by atoms with Gasteiger partial charge < -0.3 is 93.0 Å². The molecule has 33 nitrogen and oxygen atoms in total. The smallest absolute Gasteiger partial charge is 0.326 e. The monoisotopic (exact) mass is 1620 g/mol. The van der Waals surface area contributed by atoms with Gasteiger partial charge in [0.15, 0.2) is 52.8 Å². The molecule has 0 aliphatic carbocycles. The Kier molecular flexibility index (Phi) is 38.5. The molecule has 25 N–H and O–H groups in total. The van der Waals surface area contributed by atoms with Crippen molar-refractivity contribution in [3.8, 4) is 0 Å². The number of guanidine groups is 4. The highest BCUT2D eigenvalue weighted by atomic mass is 32.1. The maximum Gasteiger partial charge on any atom is 0.326 e. The number of nitrogens with zero attached hydrogens (tertiary/aromatic N) is 4. The molecule has 628 valence electrons. The fourth-order valence-corrected chi connectivity index (χ4v) is 13.8. The minimum atomic E-state index is -1.65. The zero-order valence-electron chi connectivity index (χ0n) is 67.1. The number of thiol groups is 2. The van der Waals surface area contributed by atoms with Gasteiger partial charge in [0.25, 0.3) is 0 Å². The molecule has 0 spiro atoms. The van der Waals surface area contributed by atoms with Crippen LogP contribution < -0.4 is 77.8 Å². The number of carboxylic acids is 1. The number of aliphatic imine (C=N–C) groups is 4. The zero-order valence-corrected chi connectivity index (χ0v) is 68.9. The number of rotatable bonds is 50. The van der Waals surface area contributed by atoms with Crippen LogP contribution in [0.3, 0.4) is 0 Å². The van der Waals surface area contributed by atoms with E-state index in [1.165, 1.54) is 13.8 Å². The van der Waals surface area contributed by atoms with Crippen LogP contribution in [0.5, 0.6) is 0 Å². The van der Waals surface area contributed by atoms with Crippen molar-refractivity contribution in [3.05, 3.63) is 84.1 Å². The molecule has 0 unspecified atom stereocenters. The SMILES string of the molecule is CC(=O)N[C@@H](CS)C(=O)C[C@H](CCCN=C(N)N)C(=O)N[C@@H](CCCN=C(N)N)C(=O)C[C@@H](CCCN=C(N)N)C(=O)N[C@@H](Cc1ccc2ccccc2c1)C(=O)C[C@@H](Cc1c[nH]c2ccccc12)C(=O)N[C@H](C(=O)C[C@H](C(=O)N[C@H](C(=O)C[C@@H](CCCN=C(N)N)C(=O)N[C@H](C(=O)O)C(C)(C)C)[C@@H](C)O)C(C)(C)C)C(C)(C)S. The number of benzene rings is 3. The van der Waals surface area contributed by atoms with E-state index in [2.05, 4.69) is 69.5 Å². The summed E-state index contributed by atoms with van der Waals surface area (Å²) in [7, 11) is 0. The summed E-state index contributed by atoms with van der Waals surface area (Å²) in [4.78, 5) is 192. The van der Waals surface area contributed by atoms with Gasteiger partial charge in [-0.3, -0.25) is 72.7 Å². The summed E-state index contributed by atoms with van der Waals surface area (Å²) in [5.74, 6) is -16.0. The molecule has 0 radical (unpaired) electrons. The lowest BCUT2D eigenvalue weighted by molar-refractivity contribution is -0.146. The molecule has 1 heterocycles. The Morgan fingerprint density at radius 2 is 0.912 bits per heavy atom. The number of aromatic amines is 1. The van der Waals surface area contributed by atoms with Crippen molar-refractivity contribution in [3.63, 3.8) is 0 Å². The van der Waals surface area contributed by atoms with E-state index >= 15 is 24.0 Å². The van der Waals surface area contributed by atoms with Gasteiger partial charge in [-0.15, -0.1) is 0 Å². The van der Waals surface area contributed by atoms with Crippen molar-refractivity contribution in [1.29, 1.82) is 0 Å². The zero-order chi connectivity index (χ0) is 85.5. The van der Waals surface area contributed by atoms with E-state index in [0.29, 0.717) is 22.0 Å². The van der Waals surface area contributed by atoms with Crippen LogP contribution in [0.4, 0.5) is 0 Å². The van der Waals surface area contributed by atoms with Gasteiger partial charge in [-0.25, -0.2) is 4.79 Å². The molecular formula is C79H121N19O14S2. The highest BCUT2D eigenvalue weighted by Crippen LogP contribution is 2.34. The number of Topliss-reactive ketones (excluding diaryl/α,β-unsaturated/α-hetero) is 5. The summed E-state index contributed by atoms with van der Waals surface area (Å²) >= 11 is 9.11. The van der Waals surface area contributed by atoms with Gasteiger partial charge in [0.05, 0.1) is 24.2 Å². The molecule has 0 saturated heterocycles. The van der Waals surface area contributed by atoms with Crippen molar-refractivity contribution >= 4 is 141 Å². The molecule has 3 aromatic carbocycles. The summed E-state index contributed by atoms with van der Waals surface area (Å²) in [6.07, 6.45) is -2.13. The number of aromatic nitrogens is 1. The van der Waals surface area contributed by atoms with Crippen LogP contribution in [-0.2, 0) is 70.4 Å². The van der Waals surface area contributed by atoms with Gasteiger partial charge >= 0.3 is 5.97 Å². The highest BCUT2D eigenvalue weighted by molar-refractivity contribution is 7.81. The van der Waals surface area contributed by atoms with Crippen molar-refractivity contribution in [2.45, 2.75) is 213 Å². The van der Waals surface area contributed by atoms with Crippen LogP contribution in [0.1, 0.15) is 164 Å². The number of amides is 6. The lowest BCUT2D eigenvalue weighted by atomic mass is 9.75. The molecule has 35 heteroatoms. The Hall–Kier alpha value is -10.2. The topological polar surface area (TPSA) is 591 Å². The number of para-hydroxylation sites is 1. The van der Waals surface area contributed by atoms with E-state index in [9.17, 15) is 43.8 Å². The minimum absolute atomic E-state index is 0.00870. The van der Waals surface area contributed by atoms with Gasteiger partial charge in [0.1, 0.15) is 18.1 Å². The Bertz CT molecular complexity index is 4110. The van der Waals surface area contributed by atoms with E-state index in [4.69, 9.17) is 58.5 Å². The summed E-state index contributed by atoms with van der Waals surface area (Å²) in [6.45, 7) is 15.7. The predicted octanol–water partition coefficient (Wildman–Crippen LogP) is 2.32. The number of aliphatic carboxylic acids is 1. The third kappa shape index (κ3) is 32.7. The largest absolute Gasteiger partial charge is 0.480 e. The van der Waals surface area contributed by atoms with Crippen LogP contribution >= 0.6 is 25.3 Å². The lowest BCUT2D eigenvalue weighted by Gasteiger charge is -2.35. The molecule has 114 heavy (non-hydrogen) atoms. The third-order valence-corrected chi connectivity index (χ3v) is 20.2. The quantitative estimate of drug-likeness (QED) is 0.0131. The first kappa shape index (κ1) is 96.2. The van der Waals surface area contributed by atoms with Crippen LogP contribution in [0, 0.1) is 40.4 Å². The van der Waals surface area contributed by atoms with Crippen LogP contribution in [0.2, 0.25) is 0 Å². The van der Waals surface area contributed by atoms with E-state index in [1.54, 1.807) is 73.7 Å². The van der Waals surface area contributed by atoms with Crippen molar-refractivity contribution < 1.29 is 67.7 Å². The molecule has 0 fully saturated rings. The fraction of sp³-hybridized carbons (Fsp3) is 0.570. The normalized spacial score (nSPS) is 14.9. The number of aliphatic hydroxyl groups excluding tert-OH is 1. The molecular weight excluding hydrogens is 1500 g/mol. The second-order valence-corrected chi connectivity index (χ2v) is 33.3. The number of carboxylic acid groups (broad SMARTS) is 1. The van der Waals surface area contributed by atoms with Crippen molar-refractivity contribution in [1.82, 2.24) is 36.9 Å². The molecule has 0 aliphatic rings. The molecule has 0 aliphatic heterocycles. The number of hydrogen-bond donors (Lipinski definition) is 19. The molecule has 4 rings (SSSR count). The summed E-state index contributed by atoms with van der Waals surface area (Å²) in [6, 6.07) is 11.9. The Morgan fingerprint density at radius 3 is 1.39 bits per heavy atom. The van der Waals surface area contributed by atoms with Crippen molar-refractivity contribution in [2.75, 3.05) is 31.9 Å². The summed E-state index contributed by atoms with van der Waals surface area (Å²) in [5.41, 5.74) is 44.9. The van der Waals surface area contributed by atoms with Crippen LogP contribution in [0.15, 0.2) is 92.9 Å². The van der Waals surface area contributed by atoms with Crippen LogP contribution in [0.25, 0.3) is 21.7 Å². The molecule has 6 amide bonds. The number of carbonyl (C=O) groups is 12. The van der Waals surface area contributed by atoms with Gasteiger partial charge in [0.2, 0.25) is 35.4 Å². The Balaban J connectivity index is 1.82. The summed E-state index contributed by atoms with van der Waals surface area (Å²) < 4.78 is -1.39. The number of fused-ring (bicyclic) bond motifs is 2. The van der Waals surface area contributed by atoms with E-state index < -0.39 is 184 Å². The van der Waals surface area contributed by atoms with Gasteiger partial charge in [-0.05, 0) is 124 Å². The number of hydrogen-bond acceptors (Lipinski definition) is 19. The molecule has 0 bridgehead atoms. The van der Waals surface area contributed by atoms with E-state index in [0.717, 1.165) is 10.8 Å². The van der Waals surface area contributed by atoms with E-state index in [1.807, 2.05) is 54.6 Å². The molecule has 12 atom stereocenters. The predicted molar refractivity (Wildman–Crippen MR) is 447 cm³/mol.